The van der Waals surface area contributed by atoms with Gasteiger partial charge in [0.2, 0.25) is 5.95 Å². The molecule has 7 unspecified atom stereocenters. The van der Waals surface area contributed by atoms with Gasteiger partial charge in [-0.1, -0.05) is 26.2 Å². The topological polar surface area (TPSA) is 407 Å². The van der Waals surface area contributed by atoms with E-state index in [1.807, 2.05) is 6.92 Å². The smallest absolute Gasteiger partial charge is 0.390 e. The number of anilines is 1. The van der Waals surface area contributed by atoms with Crippen LogP contribution in [0.1, 0.15) is 45.3 Å². The minimum absolute atomic E-state index is 0.0482. The summed E-state index contributed by atoms with van der Waals surface area (Å²) < 4.78 is 106. The average molecular weight is 831 g/mol. The van der Waals surface area contributed by atoms with Crippen molar-refractivity contribution >= 4 is 64.0 Å². The number of aliphatic hydroxyl groups is 1. The van der Waals surface area contributed by atoms with Gasteiger partial charge in [0.15, 0.2) is 11.2 Å². The summed E-state index contributed by atoms with van der Waals surface area (Å²) in [5.74, 6) is -0.270. The third-order valence-electron chi connectivity index (χ3n) is 5.65. The van der Waals surface area contributed by atoms with Crippen molar-refractivity contribution in [1.29, 1.82) is 0 Å². The molecule has 0 aromatic carbocycles. The number of ether oxygens (including phenoxy) is 1. The zero-order chi connectivity index (χ0) is 37.1. The Morgan fingerprint density at radius 1 is 0.857 bits per heavy atom. The minimum Gasteiger partial charge on any atom is -0.390 e. The highest BCUT2D eigenvalue weighted by atomic mass is 31.3. The first kappa shape index (κ1) is 42.3. The molecule has 1 aliphatic heterocycles. The standard InChI is InChI=1S/C16H31N5O22P6/c1-2-3-4-5-6-36-44(24,25)39-46(28,29)41-48(32,33)43-49(34,35)42-47(30,31)40-45(26,27)37-8-11-10(22)7-12(38-11)21-9-18-13-14(21)19-16(17)20-15(13)23/h9-12,22H,2-8H2,1H3,(H,24,25)(H,26,27)(H,28,29)(H,30,31)(H,32,33)(H,34,35)(H3,17,19,20,23)/t10?,11-,12-/m1/s1. The molecular formula is C16H31N5O22P6. The van der Waals surface area contributed by atoms with Crippen LogP contribution in [-0.4, -0.2) is 79.4 Å². The molecule has 0 radical (unpaired) electrons. The fourth-order valence-electron chi connectivity index (χ4n) is 3.82. The summed E-state index contributed by atoms with van der Waals surface area (Å²) in [6, 6.07) is 0. The number of nitrogens with one attached hydrogen (secondary N) is 1. The lowest BCUT2D eigenvalue weighted by Crippen LogP contribution is -2.26. The summed E-state index contributed by atoms with van der Waals surface area (Å²) in [5.41, 5.74) is 4.65. The van der Waals surface area contributed by atoms with Gasteiger partial charge in [0, 0.05) is 6.42 Å². The van der Waals surface area contributed by atoms with Gasteiger partial charge in [0.1, 0.15) is 12.3 Å². The number of phosphoric ester groups is 2. The predicted molar refractivity (Wildman–Crippen MR) is 158 cm³/mol. The molecule has 10 N–H and O–H groups in total. The molecule has 3 heterocycles. The summed E-state index contributed by atoms with van der Waals surface area (Å²) in [4.78, 5) is 79.7. The Hall–Kier alpha value is -1.07. The predicted octanol–water partition coefficient (Wildman–Crippen LogP) is 1.65. The molecule has 33 heteroatoms. The summed E-state index contributed by atoms with van der Waals surface area (Å²) in [5, 5.41) is 10.3. The lowest BCUT2D eigenvalue weighted by atomic mass is 10.2. The Balaban J connectivity index is 1.55. The fourth-order valence-corrected chi connectivity index (χ4v) is 11.7. The molecule has 1 saturated heterocycles. The third-order valence-corrected chi connectivity index (χ3v) is 14.9. The normalized spacial score (nSPS) is 25.8. The highest BCUT2D eigenvalue weighted by Crippen LogP contribution is 2.75. The number of aromatic amines is 1. The highest BCUT2D eigenvalue weighted by molar-refractivity contribution is 7.72. The molecule has 0 bridgehead atoms. The number of nitrogens with two attached hydrogens (primary N) is 1. The van der Waals surface area contributed by atoms with Crippen molar-refractivity contribution in [3.05, 3.63) is 16.7 Å². The summed E-state index contributed by atoms with van der Waals surface area (Å²) in [6.45, 7) is 0.353. The van der Waals surface area contributed by atoms with Crippen LogP contribution in [0.2, 0.25) is 0 Å². The largest absolute Gasteiger partial charge is 0.490 e. The molecule has 27 nitrogen and oxygen atoms in total. The van der Waals surface area contributed by atoms with E-state index < -0.39 is 84.1 Å². The maximum Gasteiger partial charge on any atom is 0.490 e. The van der Waals surface area contributed by atoms with Crippen molar-refractivity contribution in [1.82, 2.24) is 19.5 Å². The molecule has 2 aromatic heterocycles. The second-order valence-corrected chi connectivity index (χ2v) is 19.0. The van der Waals surface area contributed by atoms with Crippen LogP contribution >= 0.6 is 46.9 Å². The average Bonchev–Trinajstić information content (AvgIpc) is 3.46. The Morgan fingerprint density at radius 2 is 1.37 bits per heavy atom. The van der Waals surface area contributed by atoms with Crippen LogP contribution in [0.15, 0.2) is 11.1 Å². The van der Waals surface area contributed by atoms with Crippen LogP contribution in [0, 0.1) is 0 Å². The summed E-state index contributed by atoms with van der Waals surface area (Å²) in [6.07, 6.45) is -0.830. The molecule has 1 fully saturated rings. The second kappa shape index (κ2) is 16.3. The lowest BCUT2D eigenvalue weighted by Gasteiger charge is -2.21. The van der Waals surface area contributed by atoms with Gasteiger partial charge in [0.25, 0.3) is 5.56 Å². The highest BCUT2D eigenvalue weighted by Gasteiger charge is 2.50. The molecule has 0 spiro atoms. The summed E-state index contributed by atoms with van der Waals surface area (Å²) in [7, 11) is -36.4. The quantitative estimate of drug-likeness (QED) is 0.0676. The minimum atomic E-state index is -6.43. The van der Waals surface area contributed by atoms with E-state index in [9.17, 15) is 66.7 Å². The van der Waals surface area contributed by atoms with Crippen LogP contribution in [0.25, 0.3) is 11.2 Å². The van der Waals surface area contributed by atoms with Crippen molar-refractivity contribution in [2.24, 2.45) is 0 Å². The number of imidazole rings is 1. The van der Waals surface area contributed by atoms with Crippen LogP contribution in [0.5, 0.6) is 0 Å². The van der Waals surface area contributed by atoms with E-state index in [2.05, 4.69) is 45.6 Å². The van der Waals surface area contributed by atoms with Gasteiger partial charge in [-0.2, -0.15) is 26.5 Å². The van der Waals surface area contributed by atoms with E-state index in [0.717, 1.165) is 19.2 Å². The van der Waals surface area contributed by atoms with Gasteiger partial charge in [-0.3, -0.25) is 23.4 Å². The van der Waals surface area contributed by atoms with E-state index in [4.69, 9.17) is 10.5 Å². The zero-order valence-electron chi connectivity index (χ0n) is 24.6. The van der Waals surface area contributed by atoms with Crippen molar-refractivity contribution < 1.29 is 97.2 Å². The van der Waals surface area contributed by atoms with E-state index >= 15 is 0 Å². The van der Waals surface area contributed by atoms with Gasteiger partial charge >= 0.3 is 46.9 Å². The SMILES string of the molecule is CCCCCCOP(=O)(O)OP(=O)(O)OP(=O)(O)OP(=O)(O)OP(=O)(O)OP(=O)(O)OC[C@H]1O[C@@H](n2cnc3c(=O)[nH]c(N)nc32)CC1O. The third kappa shape index (κ3) is 13.4. The Morgan fingerprint density at radius 3 is 1.90 bits per heavy atom. The maximum absolute atomic E-state index is 12.3. The van der Waals surface area contributed by atoms with Crippen LogP contribution in [-0.2, 0) is 62.7 Å². The van der Waals surface area contributed by atoms with E-state index in [0.29, 0.717) is 6.42 Å². The van der Waals surface area contributed by atoms with Gasteiger partial charge < -0.3 is 44.9 Å². The molecule has 3 rings (SSSR count). The number of aliphatic hydroxyl groups excluding tert-OH is 1. The Bertz CT molecular complexity index is 1830. The number of hydrogen-bond acceptors (Lipinski definition) is 19. The number of unbranched alkanes of at least 4 members (excludes halogenated alkanes) is 3. The number of nitrogen functional groups attached to an aromatic ring is 1. The first-order valence-electron chi connectivity index (χ1n) is 13.2. The number of hydrogen-bond donors (Lipinski definition) is 9. The fraction of sp³-hybridized carbons (Fsp3) is 0.688. The lowest BCUT2D eigenvalue weighted by molar-refractivity contribution is -0.0423. The number of nitrogens with zero attached hydrogens (tertiary/aromatic N) is 3. The molecule has 0 saturated carbocycles. The van der Waals surface area contributed by atoms with Crippen molar-refractivity contribution in [3.63, 3.8) is 0 Å². The molecular weight excluding hydrogens is 800 g/mol. The first-order valence-corrected chi connectivity index (χ1v) is 22.2. The number of H-pyrrole nitrogens is 1. The summed E-state index contributed by atoms with van der Waals surface area (Å²) >= 11 is 0. The van der Waals surface area contributed by atoms with Gasteiger partial charge in [-0.15, -0.1) is 0 Å². The monoisotopic (exact) mass is 831 g/mol. The number of aromatic nitrogens is 4. The van der Waals surface area contributed by atoms with E-state index in [-0.39, 0.29) is 30.0 Å². The van der Waals surface area contributed by atoms with Gasteiger partial charge in [-0.25, -0.2) is 32.4 Å². The van der Waals surface area contributed by atoms with Crippen molar-refractivity contribution in [3.8, 4) is 0 Å². The Kier molecular flexibility index (Phi) is 14.1. The second-order valence-electron chi connectivity index (χ2n) is 9.62. The molecule has 49 heavy (non-hydrogen) atoms. The Labute approximate surface area is 273 Å². The van der Waals surface area contributed by atoms with Crippen molar-refractivity contribution in [2.45, 2.75) is 57.5 Å². The van der Waals surface area contributed by atoms with Crippen LogP contribution in [0.4, 0.5) is 5.95 Å². The molecule has 282 valence electrons. The molecule has 0 aliphatic carbocycles. The number of rotatable bonds is 20. The van der Waals surface area contributed by atoms with Gasteiger partial charge in [0.05, 0.1) is 25.6 Å². The molecule has 2 aromatic rings. The molecule has 1 aliphatic rings. The first-order chi connectivity index (χ1) is 22.3. The van der Waals surface area contributed by atoms with E-state index in [1.54, 1.807) is 0 Å². The van der Waals surface area contributed by atoms with E-state index in [1.165, 1.54) is 4.57 Å². The maximum atomic E-state index is 12.3. The number of fused-ring (bicyclic) bond motifs is 1. The van der Waals surface area contributed by atoms with Crippen LogP contribution in [0.3, 0.4) is 0 Å². The molecule has 0 amide bonds. The molecule has 9 atom stereocenters. The van der Waals surface area contributed by atoms with Gasteiger partial charge in [-0.05, 0) is 6.42 Å². The zero-order valence-corrected chi connectivity index (χ0v) is 30.0. The van der Waals surface area contributed by atoms with Crippen molar-refractivity contribution in [2.75, 3.05) is 18.9 Å². The number of phosphoric acid groups is 6. The van der Waals surface area contributed by atoms with Crippen LogP contribution < -0.4 is 11.3 Å².